The van der Waals surface area contributed by atoms with Crippen LogP contribution in [0.3, 0.4) is 0 Å². The summed E-state index contributed by atoms with van der Waals surface area (Å²) >= 11 is 0. The molecule has 0 N–H and O–H groups in total. The Morgan fingerprint density at radius 1 is 1.40 bits per heavy atom. The van der Waals surface area contributed by atoms with E-state index < -0.39 is 0 Å². The van der Waals surface area contributed by atoms with E-state index in [4.69, 9.17) is 0 Å². The summed E-state index contributed by atoms with van der Waals surface area (Å²) in [5.41, 5.74) is 1.96. The van der Waals surface area contributed by atoms with Crippen LogP contribution >= 0.6 is 0 Å². The fourth-order valence-corrected chi connectivity index (χ4v) is 1.49. The summed E-state index contributed by atoms with van der Waals surface area (Å²) in [6.07, 6.45) is 1.73. The lowest BCUT2D eigenvalue weighted by atomic mass is 10.1. The van der Waals surface area contributed by atoms with Crippen molar-refractivity contribution >= 4 is 16.8 Å². The predicted molar refractivity (Wildman–Crippen MR) is 59.6 cm³/mol. The van der Waals surface area contributed by atoms with Crippen LogP contribution in [0.25, 0.3) is 11.0 Å². The van der Waals surface area contributed by atoms with Gasteiger partial charge in [-0.05, 0) is 12.1 Å². The van der Waals surface area contributed by atoms with Gasteiger partial charge in [-0.2, -0.15) is 0 Å². The average molecular weight is 202 g/mol. The van der Waals surface area contributed by atoms with Gasteiger partial charge in [-0.15, -0.1) is 0 Å². The zero-order valence-electron chi connectivity index (χ0n) is 8.97. The first-order valence-electron chi connectivity index (χ1n) is 5.11. The maximum atomic E-state index is 11.6. The molecule has 0 saturated carbocycles. The Kier molecular flexibility index (Phi) is 2.54. The molecule has 0 spiro atoms. The van der Waals surface area contributed by atoms with Crippen LogP contribution in [0.2, 0.25) is 0 Å². The second-order valence-corrected chi connectivity index (χ2v) is 3.98. The molecule has 0 aliphatic heterocycles. The first-order valence-corrected chi connectivity index (χ1v) is 5.11. The lowest BCUT2D eigenvalue weighted by molar-refractivity contribution is -0.122. The number of aromatic nitrogens is 2. The van der Waals surface area contributed by atoms with Gasteiger partial charge in [0, 0.05) is 5.92 Å². The largest absolute Gasteiger partial charge is 0.323 e. The summed E-state index contributed by atoms with van der Waals surface area (Å²) < 4.78 is 1.90. The van der Waals surface area contributed by atoms with Gasteiger partial charge in [-0.25, -0.2) is 4.98 Å². The molecule has 1 heterocycles. The second kappa shape index (κ2) is 3.85. The number of imidazole rings is 1. The molecule has 0 unspecified atom stereocenters. The molecule has 3 nitrogen and oxygen atoms in total. The zero-order valence-corrected chi connectivity index (χ0v) is 8.97. The topological polar surface area (TPSA) is 34.9 Å². The molecular weight excluding hydrogens is 188 g/mol. The number of carbonyl (C=O) groups excluding carboxylic acids is 1. The molecule has 2 rings (SSSR count). The Morgan fingerprint density at radius 3 is 2.87 bits per heavy atom. The van der Waals surface area contributed by atoms with Crippen molar-refractivity contribution in [2.75, 3.05) is 0 Å². The van der Waals surface area contributed by atoms with E-state index >= 15 is 0 Å². The first kappa shape index (κ1) is 9.90. The van der Waals surface area contributed by atoms with Gasteiger partial charge in [-0.3, -0.25) is 4.79 Å². The lowest BCUT2D eigenvalue weighted by Crippen LogP contribution is -2.14. The van der Waals surface area contributed by atoms with Gasteiger partial charge >= 0.3 is 0 Å². The van der Waals surface area contributed by atoms with Crippen molar-refractivity contribution in [3.05, 3.63) is 30.6 Å². The number of para-hydroxylation sites is 2. The molecule has 0 saturated heterocycles. The third-order valence-electron chi connectivity index (χ3n) is 2.50. The molecule has 0 radical (unpaired) electrons. The van der Waals surface area contributed by atoms with E-state index in [0.717, 1.165) is 11.0 Å². The second-order valence-electron chi connectivity index (χ2n) is 3.98. The Morgan fingerprint density at radius 2 is 2.13 bits per heavy atom. The molecule has 0 aliphatic rings. The highest BCUT2D eigenvalue weighted by atomic mass is 16.1. The smallest absolute Gasteiger partial charge is 0.155 e. The molecule has 0 fully saturated rings. The highest BCUT2D eigenvalue weighted by molar-refractivity contribution is 5.83. The number of Topliss-reactive ketones (excluding diaryl/α,β-unsaturated/α-hetero) is 1. The minimum Gasteiger partial charge on any atom is -0.323 e. The molecule has 1 aromatic heterocycles. The molecule has 0 bridgehead atoms. The molecular formula is C12H14N2O. The molecule has 15 heavy (non-hydrogen) atoms. The highest BCUT2D eigenvalue weighted by Gasteiger charge is 2.09. The molecule has 78 valence electrons. The normalized spacial score (nSPS) is 11.1. The lowest BCUT2D eigenvalue weighted by Gasteiger charge is -2.05. The summed E-state index contributed by atoms with van der Waals surface area (Å²) in [5, 5.41) is 0. The van der Waals surface area contributed by atoms with Crippen molar-refractivity contribution in [3.63, 3.8) is 0 Å². The third-order valence-corrected chi connectivity index (χ3v) is 2.50. The van der Waals surface area contributed by atoms with Gasteiger partial charge in [0.1, 0.15) is 0 Å². The molecule has 0 atom stereocenters. The van der Waals surface area contributed by atoms with E-state index in [0.29, 0.717) is 6.54 Å². The quantitative estimate of drug-likeness (QED) is 0.765. The summed E-state index contributed by atoms with van der Waals surface area (Å²) in [6.45, 7) is 4.25. The average Bonchev–Trinajstić information content (AvgIpc) is 2.62. The first-order chi connectivity index (χ1) is 7.18. The van der Waals surface area contributed by atoms with E-state index in [2.05, 4.69) is 4.98 Å². The Labute approximate surface area is 88.7 Å². The van der Waals surface area contributed by atoms with Gasteiger partial charge in [0.15, 0.2) is 5.78 Å². The maximum Gasteiger partial charge on any atom is 0.155 e. The Balaban J connectivity index is 2.33. The standard InChI is InChI=1S/C12H14N2O/c1-9(2)12(15)7-14-8-13-10-5-3-4-6-11(10)14/h3-6,8-9H,7H2,1-2H3. The van der Waals surface area contributed by atoms with E-state index in [1.165, 1.54) is 0 Å². The van der Waals surface area contributed by atoms with Crippen molar-refractivity contribution in [1.82, 2.24) is 9.55 Å². The van der Waals surface area contributed by atoms with E-state index in [9.17, 15) is 4.79 Å². The summed E-state index contributed by atoms with van der Waals surface area (Å²) in [5.74, 6) is 0.310. The molecule has 0 aliphatic carbocycles. The summed E-state index contributed by atoms with van der Waals surface area (Å²) in [6, 6.07) is 7.84. The van der Waals surface area contributed by atoms with Crippen molar-refractivity contribution in [2.45, 2.75) is 20.4 Å². The van der Waals surface area contributed by atoms with Crippen LogP contribution in [0.5, 0.6) is 0 Å². The number of ketones is 1. The highest BCUT2D eigenvalue weighted by Crippen LogP contribution is 2.12. The third kappa shape index (κ3) is 1.91. The van der Waals surface area contributed by atoms with Gasteiger partial charge in [-0.1, -0.05) is 26.0 Å². The van der Waals surface area contributed by atoms with Crippen LogP contribution in [0.15, 0.2) is 30.6 Å². The maximum absolute atomic E-state index is 11.6. The van der Waals surface area contributed by atoms with Crippen molar-refractivity contribution in [3.8, 4) is 0 Å². The number of carbonyl (C=O) groups is 1. The SMILES string of the molecule is CC(C)C(=O)Cn1cnc2ccccc21. The molecule has 1 aromatic carbocycles. The Hall–Kier alpha value is -1.64. The van der Waals surface area contributed by atoms with Crippen LogP contribution in [-0.4, -0.2) is 15.3 Å². The van der Waals surface area contributed by atoms with Gasteiger partial charge in [0.2, 0.25) is 0 Å². The number of rotatable bonds is 3. The summed E-state index contributed by atoms with van der Waals surface area (Å²) in [4.78, 5) is 15.8. The van der Waals surface area contributed by atoms with Gasteiger partial charge in [0.05, 0.1) is 23.9 Å². The van der Waals surface area contributed by atoms with Crippen LogP contribution in [0, 0.1) is 5.92 Å². The van der Waals surface area contributed by atoms with E-state index in [1.54, 1.807) is 6.33 Å². The number of hydrogen-bond donors (Lipinski definition) is 0. The predicted octanol–water partition coefficient (Wildman–Crippen LogP) is 2.26. The van der Waals surface area contributed by atoms with Gasteiger partial charge < -0.3 is 4.57 Å². The zero-order chi connectivity index (χ0) is 10.8. The van der Waals surface area contributed by atoms with Crippen LogP contribution in [0.4, 0.5) is 0 Å². The fraction of sp³-hybridized carbons (Fsp3) is 0.333. The van der Waals surface area contributed by atoms with Crippen LogP contribution < -0.4 is 0 Å². The van der Waals surface area contributed by atoms with Crippen molar-refractivity contribution in [1.29, 1.82) is 0 Å². The Bertz CT molecular complexity index is 485. The minimum absolute atomic E-state index is 0.0752. The van der Waals surface area contributed by atoms with Crippen molar-refractivity contribution in [2.24, 2.45) is 5.92 Å². The van der Waals surface area contributed by atoms with Gasteiger partial charge in [0.25, 0.3) is 0 Å². The number of benzene rings is 1. The molecule has 3 heteroatoms. The minimum atomic E-state index is 0.0752. The van der Waals surface area contributed by atoms with E-state index in [-0.39, 0.29) is 11.7 Å². The van der Waals surface area contributed by atoms with Crippen LogP contribution in [-0.2, 0) is 11.3 Å². The number of fused-ring (bicyclic) bond motifs is 1. The fourth-order valence-electron chi connectivity index (χ4n) is 1.49. The van der Waals surface area contributed by atoms with Crippen LogP contribution in [0.1, 0.15) is 13.8 Å². The molecule has 2 aromatic rings. The number of nitrogens with zero attached hydrogens (tertiary/aromatic N) is 2. The number of hydrogen-bond acceptors (Lipinski definition) is 2. The monoisotopic (exact) mass is 202 g/mol. The molecule has 0 amide bonds. The summed E-state index contributed by atoms with van der Waals surface area (Å²) in [7, 11) is 0. The van der Waals surface area contributed by atoms with E-state index in [1.807, 2.05) is 42.7 Å². The van der Waals surface area contributed by atoms with Crippen molar-refractivity contribution < 1.29 is 4.79 Å².